The summed E-state index contributed by atoms with van der Waals surface area (Å²) in [6, 6.07) is 4.05. The molecule has 1 heteroatoms. The number of nitrogens with zero attached hydrogens (tertiary/aromatic N) is 1. The van der Waals surface area contributed by atoms with Crippen molar-refractivity contribution < 1.29 is 0 Å². The van der Waals surface area contributed by atoms with Gasteiger partial charge in [-0.15, -0.1) is 0 Å². The van der Waals surface area contributed by atoms with Crippen LogP contribution in [0.15, 0.2) is 85.3 Å². The maximum atomic E-state index is 4.22. The quantitative estimate of drug-likeness (QED) is 0.649. The van der Waals surface area contributed by atoms with Crippen LogP contribution in [-0.4, -0.2) is 4.98 Å². The van der Waals surface area contributed by atoms with Crippen LogP contribution in [0, 0.1) is 0 Å². The highest BCUT2D eigenvalue weighted by molar-refractivity contribution is 5.46. The van der Waals surface area contributed by atoms with E-state index >= 15 is 0 Å². The van der Waals surface area contributed by atoms with Crippen LogP contribution in [0.4, 0.5) is 0 Å². The second kappa shape index (κ2) is 8.04. The number of hydrogen-bond donors (Lipinski definition) is 0. The molecule has 0 bridgehead atoms. The zero-order valence-electron chi connectivity index (χ0n) is 11.7. The maximum absolute atomic E-state index is 4.22. The summed E-state index contributed by atoms with van der Waals surface area (Å²) >= 11 is 0. The highest BCUT2D eigenvalue weighted by Crippen LogP contribution is 2.32. The molecule has 1 atom stereocenters. The van der Waals surface area contributed by atoms with Crippen LogP contribution >= 0.6 is 0 Å². The van der Waals surface area contributed by atoms with Crippen LogP contribution in [0.2, 0.25) is 0 Å². The molecule has 0 aromatic carbocycles. The van der Waals surface area contributed by atoms with Crippen molar-refractivity contribution in [2.75, 3.05) is 0 Å². The Morgan fingerprint density at radius 3 is 2.53 bits per heavy atom. The second-order valence-corrected chi connectivity index (χ2v) is 4.11. The van der Waals surface area contributed by atoms with Gasteiger partial charge in [-0.05, 0) is 36.6 Å². The minimum Gasteiger partial charge on any atom is -0.264 e. The molecule has 1 aromatic heterocycles. The molecule has 0 fully saturated rings. The first kappa shape index (κ1) is 14.9. The third kappa shape index (κ3) is 3.92. The van der Waals surface area contributed by atoms with Crippen LogP contribution in [0.1, 0.15) is 25.3 Å². The third-order valence-electron chi connectivity index (χ3n) is 2.92. The first-order valence-electron chi connectivity index (χ1n) is 6.42. The molecule has 98 valence electrons. The second-order valence-electron chi connectivity index (χ2n) is 4.11. The van der Waals surface area contributed by atoms with E-state index < -0.39 is 0 Å². The first-order valence-corrected chi connectivity index (χ1v) is 6.42. The average molecular weight is 251 g/mol. The van der Waals surface area contributed by atoms with Crippen molar-refractivity contribution in [1.29, 1.82) is 0 Å². The summed E-state index contributed by atoms with van der Waals surface area (Å²) in [6.07, 6.45) is 15.7. The van der Waals surface area contributed by atoms with Crippen LogP contribution in [0.5, 0.6) is 0 Å². The summed E-state index contributed by atoms with van der Waals surface area (Å²) in [4.78, 5) is 4.22. The van der Waals surface area contributed by atoms with Crippen LogP contribution in [-0.2, 0) is 0 Å². The summed E-state index contributed by atoms with van der Waals surface area (Å²) in [6.45, 7) is 11.8. The van der Waals surface area contributed by atoms with E-state index in [1.165, 1.54) is 5.57 Å². The lowest BCUT2D eigenvalue weighted by Gasteiger charge is -2.20. The molecular formula is C18H21N. The normalized spacial score (nSPS) is 14.4. The molecule has 1 rings (SSSR count). The van der Waals surface area contributed by atoms with Crippen LogP contribution < -0.4 is 0 Å². The maximum Gasteiger partial charge on any atom is 0.0351 e. The molecule has 1 unspecified atom stereocenters. The topological polar surface area (TPSA) is 12.9 Å². The standard InChI is InChI=1S/C18H21N/c1-5-10-15(7-3)18(16(8-4)11-6-2)17-12-9-13-19-14-17/h5-14,18H,1,3H2,2,4H3/b11-6-,15-10+,16-8+. The molecule has 0 aliphatic rings. The van der Waals surface area contributed by atoms with Gasteiger partial charge < -0.3 is 0 Å². The van der Waals surface area contributed by atoms with Crippen LogP contribution in [0.3, 0.4) is 0 Å². The Kier molecular flexibility index (Phi) is 6.31. The molecule has 1 nitrogen and oxygen atoms in total. The van der Waals surface area contributed by atoms with Gasteiger partial charge >= 0.3 is 0 Å². The van der Waals surface area contributed by atoms with Gasteiger partial charge in [0, 0.05) is 18.3 Å². The van der Waals surface area contributed by atoms with E-state index in [1.54, 1.807) is 12.3 Å². The van der Waals surface area contributed by atoms with Gasteiger partial charge in [-0.1, -0.05) is 55.7 Å². The number of hydrogen-bond acceptors (Lipinski definition) is 1. The summed E-state index contributed by atoms with van der Waals surface area (Å²) in [5, 5.41) is 0. The van der Waals surface area contributed by atoms with E-state index in [-0.39, 0.29) is 5.92 Å². The predicted molar refractivity (Wildman–Crippen MR) is 84.0 cm³/mol. The van der Waals surface area contributed by atoms with Gasteiger partial charge in [0.1, 0.15) is 0 Å². The Balaban J connectivity index is 3.37. The largest absolute Gasteiger partial charge is 0.264 e. The minimum absolute atomic E-state index is 0.144. The highest BCUT2D eigenvalue weighted by atomic mass is 14.6. The molecule has 0 saturated heterocycles. The van der Waals surface area contributed by atoms with E-state index in [1.807, 2.05) is 44.3 Å². The number of rotatable bonds is 6. The molecule has 0 N–H and O–H groups in total. The summed E-state index contributed by atoms with van der Waals surface area (Å²) < 4.78 is 0. The van der Waals surface area contributed by atoms with Crippen molar-refractivity contribution >= 4 is 0 Å². The average Bonchev–Trinajstić information content (AvgIpc) is 2.46. The molecule has 0 aliphatic heterocycles. The Morgan fingerprint density at radius 2 is 2.05 bits per heavy atom. The minimum atomic E-state index is 0.144. The number of aromatic nitrogens is 1. The number of allylic oxidation sites excluding steroid dienone is 8. The lowest BCUT2D eigenvalue weighted by atomic mass is 9.84. The van der Waals surface area contributed by atoms with E-state index in [4.69, 9.17) is 0 Å². The number of pyridine rings is 1. The van der Waals surface area contributed by atoms with Crippen molar-refractivity contribution in [1.82, 2.24) is 4.98 Å². The lowest BCUT2D eigenvalue weighted by Crippen LogP contribution is -2.04. The molecule has 0 aliphatic carbocycles. The molecular weight excluding hydrogens is 230 g/mol. The Labute approximate surface area is 116 Å². The zero-order valence-corrected chi connectivity index (χ0v) is 11.7. The third-order valence-corrected chi connectivity index (χ3v) is 2.92. The lowest BCUT2D eigenvalue weighted by molar-refractivity contribution is 0.959. The smallest absolute Gasteiger partial charge is 0.0351 e. The summed E-state index contributed by atoms with van der Waals surface area (Å²) in [7, 11) is 0. The Morgan fingerprint density at radius 1 is 1.26 bits per heavy atom. The fourth-order valence-electron chi connectivity index (χ4n) is 2.09. The molecule has 0 saturated carbocycles. The van der Waals surface area contributed by atoms with Gasteiger partial charge in [0.2, 0.25) is 0 Å². The first-order chi connectivity index (χ1) is 9.28. The fraction of sp³-hybridized carbons (Fsp3) is 0.167. The van der Waals surface area contributed by atoms with Crippen molar-refractivity contribution in [3.8, 4) is 0 Å². The van der Waals surface area contributed by atoms with Crippen molar-refractivity contribution in [3.05, 3.63) is 90.9 Å². The van der Waals surface area contributed by atoms with Gasteiger partial charge in [0.15, 0.2) is 0 Å². The van der Waals surface area contributed by atoms with E-state index in [2.05, 4.69) is 36.4 Å². The highest BCUT2D eigenvalue weighted by Gasteiger charge is 2.17. The molecule has 0 amide bonds. The molecule has 1 heterocycles. The zero-order chi connectivity index (χ0) is 14.1. The van der Waals surface area contributed by atoms with E-state index in [0.29, 0.717) is 0 Å². The Hall–Kier alpha value is -2.15. The van der Waals surface area contributed by atoms with Crippen molar-refractivity contribution in [2.45, 2.75) is 19.8 Å². The summed E-state index contributed by atoms with van der Waals surface area (Å²) in [5.41, 5.74) is 3.50. The van der Waals surface area contributed by atoms with Crippen LogP contribution in [0.25, 0.3) is 0 Å². The molecule has 0 spiro atoms. The monoisotopic (exact) mass is 251 g/mol. The van der Waals surface area contributed by atoms with Gasteiger partial charge in [0.05, 0.1) is 0 Å². The molecule has 19 heavy (non-hydrogen) atoms. The van der Waals surface area contributed by atoms with Crippen molar-refractivity contribution in [3.63, 3.8) is 0 Å². The van der Waals surface area contributed by atoms with E-state index in [0.717, 1.165) is 11.1 Å². The predicted octanol–water partition coefficient (Wildman–Crippen LogP) is 4.99. The van der Waals surface area contributed by atoms with Gasteiger partial charge in [-0.3, -0.25) is 4.98 Å². The van der Waals surface area contributed by atoms with Gasteiger partial charge in [-0.2, -0.15) is 0 Å². The fourth-order valence-corrected chi connectivity index (χ4v) is 2.09. The molecule has 1 aromatic rings. The molecule has 0 radical (unpaired) electrons. The van der Waals surface area contributed by atoms with Gasteiger partial charge in [0.25, 0.3) is 0 Å². The SMILES string of the molecule is C=C/C=C(\C=C)C(C(/C=C\C)=C/C)c1cccnc1. The van der Waals surface area contributed by atoms with E-state index in [9.17, 15) is 0 Å². The summed E-state index contributed by atoms with van der Waals surface area (Å²) in [5.74, 6) is 0.144. The Bertz CT molecular complexity index is 504. The van der Waals surface area contributed by atoms with Crippen molar-refractivity contribution in [2.24, 2.45) is 0 Å². The van der Waals surface area contributed by atoms with Gasteiger partial charge in [-0.25, -0.2) is 0 Å².